The number of ether oxygens (including phenoxy) is 1. The van der Waals surface area contributed by atoms with Crippen LogP contribution in [0.25, 0.3) is 0 Å². The van der Waals surface area contributed by atoms with Gasteiger partial charge < -0.3 is 9.84 Å². The molecular formula is C39H74O4. The summed E-state index contributed by atoms with van der Waals surface area (Å²) in [5.74, 6) is -1.52. The number of hydrogen-bond acceptors (Lipinski definition) is 3. The van der Waals surface area contributed by atoms with Gasteiger partial charge in [0.25, 0.3) is 0 Å². The molecular weight excluding hydrogens is 532 g/mol. The first kappa shape index (κ1) is 41.7. The molecule has 43 heavy (non-hydrogen) atoms. The molecule has 4 heteroatoms. The average molecular weight is 607 g/mol. The molecule has 4 nitrogen and oxygen atoms in total. The fourth-order valence-electron chi connectivity index (χ4n) is 10.7. The topological polar surface area (TPSA) is 63.6 Å². The maximum absolute atomic E-state index is 13.4. The Hall–Kier alpha value is -1.32. The largest absolute Gasteiger partial charge is 0.478 e. The third-order valence-electron chi connectivity index (χ3n) is 10.9. The number of rotatable bonds is 26. The molecule has 0 heterocycles. The van der Waals surface area contributed by atoms with Crippen molar-refractivity contribution in [1.82, 2.24) is 0 Å². The van der Waals surface area contributed by atoms with Gasteiger partial charge in [0, 0.05) is 17.6 Å². The van der Waals surface area contributed by atoms with E-state index in [-0.39, 0.29) is 33.7 Å². The number of carboxylic acid groups (broad SMARTS) is 1. The van der Waals surface area contributed by atoms with Crippen molar-refractivity contribution < 1.29 is 19.4 Å². The smallest absolute Gasteiger partial charge is 0.331 e. The second-order valence-corrected chi connectivity index (χ2v) is 14.1. The Morgan fingerprint density at radius 1 is 0.558 bits per heavy atom. The van der Waals surface area contributed by atoms with Gasteiger partial charge in [0.1, 0.15) is 6.10 Å². The van der Waals surface area contributed by atoms with Crippen LogP contribution in [0.5, 0.6) is 0 Å². The third kappa shape index (κ3) is 9.35. The number of carbonyl (C=O) groups excluding carboxylic acids is 1. The van der Waals surface area contributed by atoms with Crippen LogP contribution in [0.4, 0.5) is 0 Å². The lowest BCUT2D eigenvalue weighted by atomic mass is 9.34. The summed E-state index contributed by atoms with van der Waals surface area (Å²) in [6, 6.07) is 0. The van der Waals surface area contributed by atoms with E-state index in [0.29, 0.717) is 0 Å². The van der Waals surface area contributed by atoms with E-state index >= 15 is 0 Å². The minimum atomic E-state index is -1.12. The highest BCUT2D eigenvalue weighted by Gasteiger charge is 2.68. The lowest BCUT2D eigenvalue weighted by Crippen LogP contribution is -2.65. The first-order valence-corrected chi connectivity index (χ1v) is 18.6. The van der Waals surface area contributed by atoms with Gasteiger partial charge in [-0.25, -0.2) is 9.59 Å². The second kappa shape index (κ2) is 20.7. The number of esters is 1. The van der Waals surface area contributed by atoms with Crippen LogP contribution in [0, 0.1) is 27.6 Å². The fraction of sp³-hybridized carbons (Fsp3) is 0.897. The SMILES string of the molecule is CCCC(CCC)(CCC)C(CCC)(CCC)C(CCC)(CCC)C(CCC)(CCC)C(OC(=O)C=CC(=O)O)C(C)C. The van der Waals surface area contributed by atoms with Gasteiger partial charge >= 0.3 is 11.9 Å². The number of carboxylic acids is 1. The van der Waals surface area contributed by atoms with Crippen LogP contribution in [0.2, 0.25) is 0 Å². The molecule has 0 rings (SSSR count). The molecule has 0 spiro atoms. The molecule has 0 fully saturated rings. The quantitative estimate of drug-likeness (QED) is 0.0785. The molecule has 0 aliphatic heterocycles. The summed E-state index contributed by atoms with van der Waals surface area (Å²) < 4.78 is 6.59. The molecule has 0 saturated carbocycles. The number of aliphatic carboxylic acids is 1. The van der Waals surface area contributed by atoms with Crippen LogP contribution in [-0.4, -0.2) is 23.1 Å². The van der Waals surface area contributed by atoms with E-state index in [1.54, 1.807) is 0 Å². The van der Waals surface area contributed by atoms with E-state index < -0.39 is 11.9 Å². The van der Waals surface area contributed by atoms with Crippen LogP contribution < -0.4 is 0 Å². The molecule has 0 aromatic carbocycles. The molecule has 1 N–H and O–H groups in total. The normalized spacial score (nSPS) is 14.0. The molecule has 1 unspecified atom stereocenters. The first-order valence-electron chi connectivity index (χ1n) is 18.6. The van der Waals surface area contributed by atoms with Gasteiger partial charge in [-0.05, 0) is 80.0 Å². The molecule has 0 aliphatic rings. The Balaban J connectivity index is 8.48. The lowest BCUT2D eigenvalue weighted by molar-refractivity contribution is -0.239. The van der Waals surface area contributed by atoms with Crippen LogP contribution in [0.3, 0.4) is 0 Å². The first-order chi connectivity index (χ1) is 20.4. The molecule has 0 radical (unpaired) electrons. The second-order valence-electron chi connectivity index (χ2n) is 14.1. The Kier molecular flexibility index (Phi) is 20.0. The van der Waals surface area contributed by atoms with E-state index in [1.807, 2.05) is 0 Å². The third-order valence-corrected chi connectivity index (χ3v) is 10.9. The van der Waals surface area contributed by atoms with Crippen molar-refractivity contribution in [1.29, 1.82) is 0 Å². The van der Waals surface area contributed by atoms with Gasteiger partial charge in [-0.2, -0.15) is 0 Å². The molecule has 0 amide bonds. The van der Waals surface area contributed by atoms with E-state index in [0.717, 1.165) is 76.4 Å². The Morgan fingerprint density at radius 3 is 1.21 bits per heavy atom. The highest BCUT2D eigenvalue weighted by atomic mass is 16.5. The predicted molar refractivity (Wildman–Crippen MR) is 185 cm³/mol. The van der Waals surface area contributed by atoms with Crippen molar-refractivity contribution in [2.45, 2.75) is 198 Å². The summed E-state index contributed by atoms with van der Waals surface area (Å²) in [5, 5.41) is 9.27. The van der Waals surface area contributed by atoms with Gasteiger partial charge in [0.05, 0.1) is 0 Å². The minimum Gasteiger partial charge on any atom is -0.478 e. The molecule has 1 atom stereocenters. The summed E-state index contributed by atoms with van der Waals surface area (Å²) in [5.41, 5.74) is 0.0996. The molecule has 0 aliphatic carbocycles. The van der Waals surface area contributed by atoms with Crippen LogP contribution >= 0.6 is 0 Å². The Labute approximate surface area is 268 Å². The molecule has 0 aromatic rings. The predicted octanol–water partition coefficient (Wildman–Crippen LogP) is 12.3. The lowest BCUT2D eigenvalue weighted by Gasteiger charge is -2.70. The van der Waals surface area contributed by atoms with Crippen LogP contribution in [0.15, 0.2) is 12.2 Å². The highest BCUT2D eigenvalue weighted by Crippen LogP contribution is 2.74. The maximum Gasteiger partial charge on any atom is 0.331 e. The summed E-state index contributed by atoms with van der Waals surface area (Å²) in [6.07, 6.45) is 22.5. The van der Waals surface area contributed by atoms with Gasteiger partial charge in [-0.15, -0.1) is 0 Å². The van der Waals surface area contributed by atoms with Gasteiger partial charge in [-0.3, -0.25) is 0 Å². The number of hydrogen-bond donors (Lipinski definition) is 1. The van der Waals surface area contributed by atoms with E-state index in [9.17, 15) is 14.7 Å². The molecule has 254 valence electrons. The van der Waals surface area contributed by atoms with Crippen molar-refractivity contribution in [3.63, 3.8) is 0 Å². The summed E-state index contributed by atoms with van der Waals surface area (Å²) in [7, 11) is 0. The number of carbonyl (C=O) groups is 2. The van der Waals surface area contributed by atoms with Gasteiger partial charge in [-0.1, -0.05) is 134 Å². The van der Waals surface area contributed by atoms with Crippen molar-refractivity contribution in [3.05, 3.63) is 12.2 Å². The zero-order valence-electron chi connectivity index (χ0n) is 30.7. The van der Waals surface area contributed by atoms with Crippen LogP contribution in [0.1, 0.15) is 192 Å². The molecule has 0 aromatic heterocycles. The maximum atomic E-state index is 13.4. The zero-order valence-corrected chi connectivity index (χ0v) is 30.7. The monoisotopic (exact) mass is 607 g/mol. The van der Waals surface area contributed by atoms with Crippen LogP contribution in [-0.2, 0) is 14.3 Å². The Morgan fingerprint density at radius 2 is 0.907 bits per heavy atom. The van der Waals surface area contributed by atoms with E-state index in [2.05, 4.69) is 76.2 Å². The summed E-state index contributed by atoms with van der Waals surface area (Å²) in [4.78, 5) is 24.7. The standard InChI is InChI=1S/C39H74O4/c1-12-23-36(24-13-2,25-14-3)38(28-17-6,29-18-7)39(30-19-8,31-20-9)37(26-15-4,27-16-5)35(32(10)11)43-34(42)22-21-33(40)41/h21-22,32,35H,12-20,23-31H2,1-11H3,(H,40,41). The van der Waals surface area contributed by atoms with E-state index in [4.69, 9.17) is 4.74 Å². The van der Waals surface area contributed by atoms with Crippen molar-refractivity contribution in [2.75, 3.05) is 0 Å². The summed E-state index contributed by atoms with van der Waals surface area (Å²) >= 11 is 0. The molecule has 0 bridgehead atoms. The van der Waals surface area contributed by atoms with E-state index in [1.165, 1.54) is 51.4 Å². The van der Waals surface area contributed by atoms with Gasteiger partial charge in [0.15, 0.2) is 0 Å². The Bertz CT molecular complexity index is 760. The fourth-order valence-corrected chi connectivity index (χ4v) is 10.7. The van der Waals surface area contributed by atoms with Gasteiger partial charge in [0.2, 0.25) is 0 Å². The molecule has 0 saturated heterocycles. The minimum absolute atomic E-state index is 0.0211. The average Bonchev–Trinajstić information content (AvgIpc) is 2.94. The summed E-state index contributed by atoms with van der Waals surface area (Å²) in [6.45, 7) is 25.8. The van der Waals surface area contributed by atoms with Crippen molar-refractivity contribution in [2.24, 2.45) is 27.6 Å². The highest BCUT2D eigenvalue weighted by molar-refractivity contribution is 5.90. The van der Waals surface area contributed by atoms with Crippen molar-refractivity contribution >= 4 is 11.9 Å². The van der Waals surface area contributed by atoms with Crippen molar-refractivity contribution in [3.8, 4) is 0 Å². The zero-order chi connectivity index (χ0) is 33.2.